The van der Waals surface area contributed by atoms with Crippen LogP contribution in [0.2, 0.25) is 0 Å². The molecule has 1 saturated heterocycles. The summed E-state index contributed by atoms with van der Waals surface area (Å²) in [5.74, 6) is 0.496. The van der Waals surface area contributed by atoms with E-state index in [1.165, 1.54) is 0 Å². The van der Waals surface area contributed by atoms with Crippen LogP contribution in [0.3, 0.4) is 0 Å². The number of aliphatic hydroxyl groups is 1. The SMILES string of the molecule is CCC(CCO)CNC(=O)CN1CCNCC1. The summed E-state index contributed by atoms with van der Waals surface area (Å²) in [6.45, 7) is 7.29. The second kappa shape index (κ2) is 8.44. The first-order valence-electron chi connectivity index (χ1n) is 6.57. The molecule has 1 aliphatic heterocycles. The van der Waals surface area contributed by atoms with Crippen LogP contribution in [0, 0.1) is 5.92 Å². The minimum absolute atomic E-state index is 0.100. The van der Waals surface area contributed by atoms with E-state index in [0.717, 1.165) is 39.0 Å². The molecule has 0 aromatic rings. The van der Waals surface area contributed by atoms with Crippen molar-refractivity contribution < 1.29 is 9.90 Å². The van der Waals surface area contributed by atoms with Crippen LogP contribution >= 0.6 is 0 Å². The highest BCUT2D eigenvalue weighted by Gasteiger charge is 2.14. The quantitative estimate of drug-likeness (QED) is 0.559. The van der Waals surface area contributed by atoms with Crippen molar-refractivity contribution in [3.63, 3.8) is 0 Å². The fourth-order valence-electron chi connectivity index (χ4n) is 2.02. The smallest absolute Gasteiger partial charge is 0.234 e. The van der Waals surface area contributed by atoms with Crippen LogP contribution in [0.15, 0.2) is 0 Å². The number of piperazine rings is 1. The number of rotatable bonds is 7. The molecule has 1 heterocycles. The van der Waals surface area contributed by atoms with Crippen LogP contribution < -0.4 is 10.6 Å². The highest BCUT2D eigenvalue weighted by atomic mass is 16.3. The van der Waals surface area contributed by atoms with E-state index in [2.05, 4.69) is 22.5 Å². The van der Waals surface area contributed by atoms with Gasteiger partial charge in [-0.15, -0.1) is 0 Å². The Hall–Kier alpha value is -0.650. The van der Waals surface area contributed by atoms with Crippen LogP contribution in [0.25, 0.3) is 0 Å². The van der Waals surface area contributed by atoms with Crippen molar-refractivity contribution in [2.45, 2.75) is 19.8 Å². The molecule has 1 aliphatic rings. The molecule has 100 valence electrons. The Morgan fingerprint density at radius 2 is 2.18 bits per heavy atom. The lowest BCUT2D eigenvalue weighted by Gasteiger charge is -2.26. The molecule has 0 radical (unpaired) electrons. The lowest BCUT2D eigenvalue weighted by molar-refractivity contribution is -0.122. The first-order chi connectivity index (χ1) is 8.26. The van der Waals surface area contributed by atoms with Crippen molar-refractivity contribution >= 4 is 5.91 Å². The van der Waals surface area contributed by atoms with Gasteiger partial charge in [-0.1, -0.05) is 13.3 Å². The Labute approximate surface area is 104 Å². The minimum Gasteiger partial charge on any atom is -0.396 e. The number of hydrogen-bond donors (Lipinski definition) is 3. The molecule has 0 spiro atoms. The first kappa shape index (κ1) is 14.4. The van der Waals surface area contributed by atoms with E-state index in [9.17, 15) is 4.79 Å². The summed E-state index contributed by atoms with van der Waals surface area (Å²) in [5, 5.41) is 15.1. The average molecular weight is 243 g/mol. The number of carbonyl (C=O) groups is 1. The molecule has 0 aromatic heterocycles. The van der Waals surface area contributed by atoms with E-state index in [1.54, 1.807) is 0 Å². The van der Waals surface area contributed by atoms with Gasteiger partial charge in [0, 0.05) is 39.3 Å². The van der Waals surface area contributed by atoms with Crippen LogP contribution in [-0.4, -0.2) is 61.8 Å². The third-order valence-electron chi connectivity index (χ3n) is 3.28. The summed E-state index contributed by atoms with van der Waals surface area (Å²) in [4.78, 5) is 13.9. The third kappa shape index (κ3) is 6.00. The van der Waals surface area contributed by atoms with Gasteiger partial charge in [0.2, 0.25) is 5.91 Å². The van der Waals surface area contributed by atoms with Crippen molar-refractivity contribution in [1.82, 2.24) is 15.5 Å². The summed E-state index contributed by atoms with van der Waals surface area (Å²) in [6, 6.07) is 0. The number of nitrogens with zero attached hydrogens (tertiary/aromatic N) is 1. The lowest BCUT2D eigenvalue weighted by Crippen LogP contribution is -2.48. The zero-order chi connectivity index (χ0) is 12.5. The van der Waals surface area contributed by atoms with Crippen molar-refractivity contribution in [2.24, 2.45) is 5.92 Å². The van der Waals surface area contributed by atoms with Crippen molar-refractivity contribution in [2.75, 3.05) is 45.9 Å². The van der Waals surface area contributed by atoms with Crippen molar-refractivity contribution in [1.29, 1.82) is 0 Å². The Morgan fingerprint density at radius 1 is 1.47 bits per heavy atom. The predicted molar refractivity (Wildman–Crippen MR) is 67.8 cm³/mol. The number of carbonyl (C=O) groups excluding carboxylic acids is 1. The Bertz CT molecular complexity index is 218. The Kier molecular flexibility index (Phi) is 7.16. The largest absolute Gasteiger partial charge is 0.396 e. The maximum atomic E-state index is 11.7. The predicted octanol–water partition coefficient (Wildman–Crippen LogP) is -0.584. The topological polar surface area (TPSA) is 64.6 Å². The maximum absolute atomic E-state index is 11.7. The number of hydrogen-bond acceptors (Lipinski definition) is 4. The van der Waals surface area contributed by atoms with E-state index in [0.29, 0.717) is 19.0 Å². The van der Waals surface area contributed by atoms with Crippen LogP contribution in [-0.2, 0) is 4.79 Å². The fraction of sp³-hybridized carbons (Fsp3) is 0.917. The van der Waals surface area contributed by atoms with E-state index >= 15 is 0 Å². The first-order valence-corrected chi connectivity index (χ1v) is 6.57. The second-order valence-electron chi connectivity index (χ2n) is 4.62. The van der Waals surface area contributed by atoms with Crippen LogP contribution in [0.5, 0.6) is 0 Å². The molecular formula is C12H25N3O2. The highest BCUT2D eigenvalue weighted by Crippen LogP contribution is 2.05. The molecule has 0 saturated carbocycles. The molecule has 17 heavy (non-hydrogen) atoms. The van der Waals surface area contributed by atoms with E-state index in [4.69, 9.17) is 5.11 Å². The van der Waals surface area contributed by atoms with E-state index in [-0.39, 0.29) is 12.5 Å². The molecule has 5 nitrogen and oxygen atoms in total. The molecule has 0 bridgehead atoms. The molecule has 1 unspecified atom stereocenters. The van der Waals surface area contributed by atoms with Gasteiger partial charge in [0.05, 0.1) is 6.54 Å². The minimum atomic E-state index is 0.100. The Morgan fingerprint density at radius 3 is 2.76 bits per heavy atom. The summed E-state index contributed by atoms with van der Waals surface area (Å²) in [6.07, 6.45) is 1.76. The van der Waals surface area contributed by atoms with Gasteiger partial charge in [0.15, 0.2) is 0 Å². The van der Waals surface area contributed by atoms with Gasteiger partial charge >= 0.3 is 0 Å². The van der Waals surface area contributed by atoms with Gasteiger partial charge in [-0.2, -0.15) is 0 Å². The van der Waals surface area contributed by atoms with Crippen molar-refractivity contribution in [3.8, 4) is 0 Å². The molecule has 1 fully saturated rings. The molecule has 5 heteroatoms. The average Bonchev–Trinajstić information content (AvgIpc) is 2.35. The summed E-state index contributed by atoms with van der Waals surface area (Å²) in [5.41, 5.74) is 0. The number of amides is 1. The van der Waals surface area contributed by atoms with Crippen LogP contribution in [0.4, 0.5) is 0 Å². The van der Waals surface area contributed by atoms with E-state index in [1.807, 2.05) is 0 Å². The monoisotopic (exact) mass is 243 g/mol. The number of aliphatic hydroxyl groups excluding tert-OH is 1. The van der Waals surface area contributed by atoms with Gasteiger partial charge in [-0.05, 0) is 12.3 Å². The van der Waals surface area contributed by atoms with Crippen LogP contribution in [0.1, 0.15) is 19.8 Å². The summed E-state index contributed by atoms with van der Waals surface area (Å²) < 4.78 is 0. The molecule has 0 aliphatic carbocycles. The van der Waals surface area contributed by atoms with E-state index < -0.39 is 0 Å². The van der Waals surface area contributed by atoms with Gasteiger partial charge in [-0.25, -0.2) is 0 Å². The maximum Gasteiger partial charge on any atom is 0.234 e. The third-order valence-corrected chi connectivity index (χ3v) is 3.28. The lowest BCUT2D eigenvalue weighted by atomic mass is 10.0. The van der Waals surface area contributed by atoms with Gasteiger partial charge in [0.25, 0.3) is 0 Å². The van der Waals surface area contributed by atoms with Gasteiger partial charge in [0.1, 0.15) is 0 Å². The molecule has 1 amide bonds. The van der Waals surface area contributed by atoms with Crippen molar-refractivity contribution in [3.05, 3.63) is 0 Å². The highest BCUT2D eigenvalue weighted by molar-refractivity contribution is 5.78. The molecule has 3 N–H and O–H groups in total. The zero-order valence-corrected chi connectivity index (χ0v) is 10.7. The van der Waals surface area contributed by atoms with Gasteiger partial charge in [-0.3, -0.25) is 9.69 Å². The molecular weight excluding hydrogens is 218 g/mol. The Balaban J connectivity index is 2.14. The summed E-state index contributed by atoms with van der Waals surface area (Å²) in [7, 11) is 0. The number of nitrogens with one attached hydrogen (secondary N) is 2. The van der Waals surface area contributed by atoms with Gasteiger partial charge < -0.3 is 15.7 Å². The molecule has 0 aromatic carbocycles. The standard InChI is InChI=1S/C12H25N3O2/c1-2-11(3-8-16)9-14-12(17)10-15-6-4-13-5-7-15/h11,13,16H,2-10H2,1H3,(H,14,17). The molecule has 1 atom stereocenters. The molecule has 1 rings (SSSR count). The normalized spacial score (nSPS) is 18.9. The summed E-state index contributed by atoms with van der Waals surface area (Å²) >= 11 is 0. The fourth-order valence-corrected chi connectivity index (χ4v) is 2.02. The zero-order valence-electron chi connectivity index (χ0n) is 10.7. The second-order valence-corrected chi connectivity index (χ2v) is 4.62.